The van der Waals surface area contributed by atoms with Crippen molar-refractivity contribution in [2.24, 2.45) is 0 Å². The molecule has 3 aromatic heterocycles. The largest absolute Gasteiger partial charge is 0.457 e. The van der Waals surface area contributed by atoms with Gasteiger partial charge in [0.2, 0.25) is 0 Å². The summed E-state index contributed by atoms with van der Waals surface area (Å²) in [5, 5.41) is 7.18. The number of nitrogens with zero attached hydrogens (tertiary/aromatic N) is 4. The highest BCUT2D eigenvalue weighted by atomic mass is 32.1. The Hall–Kier alpha value is -4.01. The molecule has 2 atom stereocenters. The number of aromatic nitrogens is 3. The van der Waals surface area contributed by atoms with Crippen molar-refractivity contribution in [3.05, 3.63) is 119 Å². The second kappa shape index (κ2) is 9.80. The topological polar surface area (TPSA) is 55.2 Å². The van der Waals surface area contributed by atoms with Crippen molar-refractivity contribution in [1.82, 2.24) is 19.9 Å². The quantitative estimate of drug-likeness (QED) is 0.244. The van der Waals surface area contributed by atoms with Crippen LogP contribution in [-0.2, 0) is 0 Å². The summed E-state index contributed by atoms with van der Waals surface area (Å²) < 4.78 is 8.23. The van der Waals surface area contributed by atoms with Crippen LogP contribution in [0.15, 0.2) is 96.6 Å². The normalized spacial score (nSPS) is 17.1. The lowest BCUT2D eigenvalue weighted by Gasteiger charge is -2.28. The number of para-hydroxylation sites is 1. The van der Waals surface area contributed by atoms with Crippen molar-refractivity contribution < 1.29 is 4.74 Å². The zero-order valence-corrected chi connectivity index (χ0v) is 22.0. The Kier molecular flexibility index (Phi) is 6.20. The summed E-state index contributed by atoms with van der Waals surface area (Å²) in [6.07, 6.45) is 3.67. The number of nitrogens with one attached hydrogen (secondary N) is 1. The lowest BCUT2D eigenvalue weighted by atomic mass is 9.96. The zero-order valence-electron chi connectivity index (χ0n) is 20.4. The number of hydrogen-bond acceptors (Lipinski definition) is 5. The Bertz CT molecular complexity index is 1520. The first-order valence-electron chi connectivity index (χ1n) is 12.0. The molecule has 6 rings (SSSR count). The standard InChI is InChI=1S/C29H25N5OS2/c1-19-18-24(20(2)33(19)29-31-16-17-37-29)27-26(25-10-6-7-15-30-25)32-28(36)34(27)21-11-13-23(14-12-21)35-22-8-4-3-5-9-22/h3-18,26-27H,1-2H3,(H,32,36). The van der Waals surface area contributed by atoms with Crippen LogP contribution in [0.25, 0.3) is 5.13 Å². The third-order valence-electron chi connectivity index (χ3n) is 6.59. The first-order valence-corrected chi connectivity index (χ1v) is 13.3. The van der Waals surface area contributed by atoms with Gasteiger partial charge in [0.1, 0.15) is 11.5 Å². The van der Waals surface area contributed by atoms with Crippen LogP contribution in [0.4, 0.5) is 5.69 Å². The Morgan fingerprint density at radius 2 is 1.65 bits per heavy atom. The highest BCUT2D eigenvalue weighted by Crippen LogP contribution is 2.44. The molecule has 8 heteroatoms. The van der Waals surface area contributed by atoms with Crippen molar-refractivity contribution in [3.63, 3.8) is 0 Å². The molecule has 184 valence electrons. The molecule has 0 bridgehead atoms. The average Bonchev–Trinajstić information content (AvgIpc) is 3.63. The number of thiocarbonyl (C=S) groups is 1. The highest BCUT2D eigenvalue weighted by Gasteiger charge is 2.42. The van der Waals surface area contributed by atoms with Crippen molar-refractivity contribution in [3.8, 4) is 16.6 Å². The van der Waals surface area contributed by atoms with E-state index in [4.69, 9.17) is 17.0 Å². The summed E-state index contributed by atoms with van der Waals surface area (Å²) in [4.78, 5) is 11.4. The van der Waals surface area contributed by atoms with Crippen LogP contribution in [0.1, 0.15) is 34.7 Å². The number of pyridine rings is 1. The summed E-state index contributed by atoms with van der Waals surface area (Å²) in [6.45, 7) is 4.27. The van der Waals surface area contributed by atoms with Gasteiger partial charge in [-0.3, -0.25) is 9.55 Å². The fourth-order valence-corrected chi connectivity index (χ4v) is 6.05. The minimum Gasteiger partial charge on any atom is -0.457 e. The van der Waals surface area contributed by atoms with Crippen LogP contribution in [0.3, 0.4) is 0 Å². The van der Waals surface area contributed by atoms with E-state index in [0.717, 1.165) is 39.4 Å². The van der Waals surface area contributed by atoms with Gasteiger partial charge in [0.05, 0.1) is 17.8 Å². The predicted molar refractivity (Wildman–Crippen MR) is 152 cm³/mol. The summed E-state index contributed by atoms with van der Waals surface area (Å²) in [5.41, 5.74) is 5.38. The van der Waals surface area contributed by atoms with Crippen LogP contribution in [0, 0.1) is 13.8 Å². The molecule has 1 fully saturated rings. The molecule has 4 heterocycles. The first-order chi connectivity index (χ1) is 18.1. The lowest BCUT2D eigenvalue weighted by molar-refractivity contribution is 0.482. The molecule has 0 radical (unpaired) electrons. The van der Waals surface area contributed by atoms with Gasteiger partial charge in [-0.1, -0.05) is 24.3 Å². The van der Waals surface area contributed by atoms with Gasteiger partial charge in [0.15, 0.2) is 10.2 Å². The van der Waals surface area contributed by atoms with E-state index >= 15 is 0 Å². The number of thiazole rings is 1. The van der Waals surface area contributed by atoms with E-state index in [1.807, 2.05) is 78.4 Å². The Morgan fingerprint density at radius 1 is 0.892 bits per heavy atom. The maximum Gasteiger partial charge on any atom is 0.193 e. The van der Waals surface area contributed by atoms with Gasteiger partial charge in [-0.05, 0) is 86.2 Å². The average molecular weight is 524 g/mol. The molecular formula is C29H25N5OS2. The van der Waals surface area contributed by atoms with Crippen molar-refractivity contribution in [1.29, 1.82) is 0 Å². The Balaban J connectivity index is 1.41. The molecule has 2 unspecified atom stereocenters. The van der Waals surface area contributed by atoms with Crippen LogP contribution < -0.4 is 15.0 Å². The van der Waals surface area contributed by atoms with E-state index < -0.39 is 0 Å². The predicted octanol–water partition coefficient (Wildman–Crippen LogP) is 6.92. The summed E-state index contributed by atoms with van der Waals surface area (Å²) >= 11 is 7.54. The van der Waals surface area contributed by atoms with E-state index in [1.165, 1.54) is 5.56 Å². The number of benzene rings is 2. The molecule has 6 nitrogen and oxygen atoms in total. The fourth-order valence-electron chi connectivity index (χ4n) is 4.96. The first kappa shape index (κ1) is 23.4. The minimum atomic E-state index is -0.112. The Labute approximate surface area is 225 Å². The second-order valence-corrected chi connectivity index (χ2v) is 10.1. The summed E-state index contributed by atoms with van der Waals surface area (Å²) in [6, 6.07) is 25.9. The van der Waals surface area contributed by atoms with Gasteiger partial charge >= 0.3 is 0 Å². The molecule has 0 amide bonds. The number of ether oxygens (including phenoxy) is 1. The third kappa shape index (κ3) is 4.39. The van der Waals surface area contributed by atoms with Crippen LogP contribution in [0.2, 0.25) is 0 Å². The lowest BCUT2D eigenvalue weighted by Crippen LogP contribution is -2.29. The molecular weight excluding hydrogens is 498 g/mol. The molecule has 37 heavy (non-hydrogen) atoms. The summed E-state index contributed by atoms with van der Waals surface area (Å²) in [5.74, 6) is 1.57. The smallest absolute Gasteiger partial charge is 0.193 e. The molecule has 2 aromatic carbocycles. The molecule has 1 saturated heterocycles. The van der Waals surface area contributed by atoms with Gasteiger partial charge in [0.25, 0.3) is 0 Å². The molecule has 0 saturated carbocycles. The molecule has 0 aliphatic carbocycles. The summed E-state index contributed by atoms with van der Waals surface area (Å²) in [7, 11) is 0. The highest BCUT2D eigenvalue weighted by molar-refractivity contribution is 7.80. The van der Waals surface area contributed by atoms with Crippen LogP contribution in [0.5, 0.6) is 11.5 Å². The SMILES string of the molecule is Cc1cc(C2C(c3ccccn3)NC(=S)N2c2ccc(Oc3ccccc3)cc2)c(C)n1-c1nccs1. The monoisotopic (exact) mass is 523 g/mol. The van der Waals surface area contributed by atoms with E-state index in [2.05, 4.69) is 56.8 Å². The number of aryl methyl sites for hydroxylation is 1. The fraction of sp³-hybridized carbons (Fsp3) is 0.138. The van der Waals surface area contributed by atoms with E-state index in [1.54, 1.807) is 11.3 Å². The van der Waals surface area contributed by atoms with Gasteiger partial charge in [0, 0.05) is 34.8 Å². The third-order valence-corrected chi connectivity index (χ3v) is 7.66. The Morgan fingerprint density at radius 3 is 2.35 bits per heavy atom. The molecule has 1 N–H and O–H groups in total. The number of anilines is 1. The minimum absolute atomic E-state index is 0.0943. The maximum atomic E-state index is 6.02. The zero-order chi connectivity index (χ0) is 25.4. The van der Waals surface area contributed by atoms with Crippen molar-refractivity contribution in [2.45, 2.75) is 25.9 Å². The molecule has 5 aromatic rings. The molecule has 1 aliphatic rings. The van der Waals surface area contributed by atoms with E-state index in [0.29, 0.717) is 5.11 Å². The molecule has 1 aliphatic heterocycles. The van der Waals surface area contributed by atoms with Gasteiger partial charge in [-0.2, -0.15) is 0 Å². The van der Waals surface area contributed by atoms with Crippen molar-refractivity contribution in [2.75, 3.05) is 4.90 Å². The van der Waals surface area contributed by atoms with Gasteiger partial charge < -0.3 is 15.0 Å². The van der Waals surface area contributed by atoms with Crippen molar-refractivity contribution >= 4 is 34.4 Å². The van der Waals surface area contributed by atoms with Crippen LogP contribution in [-0.4, -0.2) is 19.6 Å². The number of hydrogen-bond donors (Lipinski definition) is 1. The van der Waals surface area contributed by atoms with E-state index in [9.17, 15) is 0 Å². The maximum absolute atomic E-state index is 6.02. The van der Waals surface area contributed by atoms with Gasteiger partial charge in [-0.15, -0.1) is 11.3 Å². The van der Waals surface area contributed by atoms with Crippen LogP contribution >= 0.6 is 23.6 Å². The van der Waals surface area contributed by atoms with Gasteiger partial charge in [-0.25, -0.2) is 4.98 Å². The second-order valence-electron chi connectivity index (χ2n) is 8.88. The number of rotatable bonds is 6. The van der Waals surface area contributed by atoms with E-state index in [-0.39, 0.29) is 12.1 Å². The molecule has 0 spiro atoms.